The molecule has 0 saturated heterocycles. The van der Waals surface area contributed by atoms with Crippen molar-refractivity contribution < 1.29 is 5.11 Å². The lowest BCUT2D eigenvalue weighted by Crippen LogP contribution is -2.20. The molecule has 1 aromatic heterocycles. The van der Waals surface area contributed by atoms with Gasteiger partial charge in [-0.15, -0.1) is 0 Å². The van der Waals surface area contributed by atoms with E-state index in [1.165, 1.54) is 16.7 Å². The van der Waals surface area contributed by atoms with Crippen LogP contribution < -0.4 is 5.32 Å². The Bertz CT molecular complexity index is 608. The number of rotatable bonds is 4. The number of aryl methyl sites for hydroxylation is 3. The molecule has 0 spiro atoms. The molecule has 0 saturated carbocycles. The maximum Gasteiger partial charge on any atom is 0.138 e. The minimum atomic E-state index is 0.219. The molecule has 106 valence electrons. The zero-order chi connectivity index (χ0) is 14.7. The van der Waals surface area contributed by atoms with Crippen LogP contribution in [0.25, 0.3) is 0 Å². The van der Waals surface area contributed by atoms with Gasteiger partial charge in [-0.2, -0.15) is 0 Å². The third-order valence-corrected chi connectivity index (χ3v) is 3.57. The molecule has 2 rings (SSSR count). The smallest absolute Gasteiger partial charge is 0.138 e. The zero-order valence-electron chi connectivity index (χ0n) is 12.6. The van der Waals surface area contributed by atoms with E-state index in [9.17, 15) is 5.11 Å². The molecule has 20 heavy (non-hydrogen) atoms. The van der Waals surface area contributed by atoms with Gasteiger partial charge in [-0.05, 0) is 51.0 Å². The van der Waals surface area contributed by atoms with E-state index >= 15 is 0 Å². The number of hydrogen-bond donors (Lipinski definition) is 2. The molecule has 0 bridgehead atoms. The topological polar surface area (TPSA) is 45.2 Å². The van der Waals surface area contributed by atoms with Gasteiger partial charge in [0.05, 0.1) is 5.69 Å². The second-order valence-corrected chi connectivity index (χ2v) is 5.38. The van der Waals surface area contributed by atoms with E-state index in [1.54, 1.807) is 6.07 Å². The van der Waals surface area contributed by atoms with E-state index in [0.717, 1.165) is 5.69 Å². The third kappa shape index (κ3) is 3.36. The number of pyridine rings is 1. The Hall–Kier alpha value is -1.87. The largest absolute Gasteiger partial charge is 0.506 e. The monoisotopic (exact) mass is 270 g/mol. The number of nitrogens with zero attached hydrogens (tertiary/aromatic N) is 1. The number of aromatic nitrogens is 1. The molecule has 0 aliphatic heterocycles. The minimum absolute atomic E-state index is 0.219. The summed E-state index contributed by atoms with van der Waals surface area (Å²) in [5, 5.41) is 13.2. The predicted molar refractivity (Wildman–Crippen MR) is 81.8 cm³/mol. The first kappa shape index (κ1) is 14.5. The number of nitrogens with one attached hydrogen (secondary N) is 1. The van der Waals surface area contributed by atoms with Gasteiger partial charge in [0.25, 0.3) is 0 Å². The average molecular weight is 270 g/mol. The van der Waals surface area contributed by atoms with Gasteiger partial charge >= 0.3 is 0 Å². The molecule has 0 aliphatic carbocycles. The van der Waals surface area contributed by atoms with Crippen LogP contribution in [0.5, 0.6) is 5.75 Å². The zero-order valence-corrected chi connectivity index (χ0v) is 12.6. The van der Waals surface area contributed by atoms with Crippen molar-refractivity contribution in [2.75, 3.05) is 0 Å². The highest BCUT2D eigenvalue weighted by Crippen LogP contribution is 2.20. The lowest BCUT2D eigenvalue weighted by atomic mass is 10.00. The average Bonchev–Trinajstić information content (AvgIpc) is 2.42. The van der Waals surface area contributed by atoms with Crippen molar-refractivity contribution in [2.24, 2.45) is 0 Å². The van der Waals surface area contributed by atoms with Gasteiger partial charge in [0.1, 0.15) is 5.75 Å². The number of benzene rings is 1. The summed E-state index contributed by atoms with van der Waals surface area (Å²) >= 11 is 0. The fraction of sp³-hybridized carbons (Fsp3) is 0.353. The second kappa shape index (κ2) is 6.06. The van der Waals surface area contributed by atoms with Gasteiger partial charge in [0, 0.05) is 18.3 Å². The lowest BCUT2D eigenvalue weighted by Gasteiger charge is -2.17. The molecule has 1 aromatic carbocycles. The van der Waals surface area contributed by atoms with Crippen molar-refractivity contribution in [3.63, 3.8) is 0 Å². The van der Waals surface area contributed by atoms with Gasteiger partial charge in [-0.3, -0.25) is 4.98 Å². The van der Waals surface area contributed by atoms with Crippen LogP contribution in [0.15, 0.2) is 30.3 Å². The Morgan fingerprint density at radius 2 is 1.90 bits per heavy atom. The van der Waals surface area contributed by atoms with E-state index in [1.807, 2.05) is 13.0 Å². The van der Waals surface area contributed by atoms with E-state index in [-0.39, 0.29) is 11.8 Å². The minimum Gasteiger partial charge on any atom is -0.506 e. The van der Waals surface area contributed by atoms with E-state index in [0.29, 0.717) is 12.2 Å². The lowest BCUT2D eigenvalue weighted by molar-refractivity contribution is 0.454. The van der Waals surface area contributed by atoms with Crippen LogP contribution in [-0.4, -0.2) is 10.1 Å². The maximum atomic E-state index is 9.81. The standard InChI is InChI=1S/C17H22N2O/c1-11-5-6-12(2)15(9-11)14(4)18-10-16-17(20)8-7-13(3)19-16/h5-9,14,18,20H,10H2,1-4H3. The summed E-state index contributed by atoms with van der Waals surface area (Å²) in [4.78, 5) is 4.37. The molecule has 0 radical (unpaired) electrons. The van der Waals surface area contributed by atoms with E-state index in [4.69, 9.17) is 0 Å². The van der Waals surface area contributed by atoms with Crippen LogP contribution in [0.2, 0.25) is 0 Å². The number of hydrogen-bond acceptors (Lipinski definition) is 3. The van der Waals surface area contributed by atoms with Crippen molar-refractivity contribution in [1.29, 1.82) is 0 Å². The van der Waals surface area contributed by atoms with Crippen LogP contribution in [0.4, 0.5) is 0 Å². The SMILES string of the molecule is Cc1ccc(C)c(C(C)NCc2nc(C)ccc2O)c1. The van der Waals surface area contributed by atoms with E-state index < -0.39 is 0 Å². The summed E-state index contributed by atoms with van der Waals surface area (Å²) in [5.74, 6) is 0.247. The first-order valence-corrected chi connectivity index (χ1v) is 6.93. The van der Waals surface area contributed by atoms with E-state index in [2.05, 4.69) is 49.3 Å². The van der Waals surface area contributed by atoms with Crippen molar-refractivity contribution in [1.82, 2.24) is 10.3 Å². The fourth-order valence-corrected chi connectivity index (χ4v) is 2.32. The van der Waals surface area contributed by atoms with Gasteiger partial charge < -0.3 is 10.4 Å². The van der Waals surface area contributed by atoms with Crippen LogP contribution in [0.1, 0.15) is 41.0 Å². The van der Waals surface area contributed by atoms with Crippen molar-refractivity contribution >= 4 is 0 Å². The van der Waals surface area contributed by atoms with Crippen molar-refractivity contribution in [3.05, 3.63) is 58.4 Å². The quantitative estimate of drug-likeness (QED) is 0.893. The molecule has 2 N–H and O–H groups in total. The number of aromatic hydroxyl groups is 1. The highest BCUT2D eigenvalue weighted by molar-refractivity contribution is 5.33. The Balaban J connectivity index is 2.10. The molecular weight excluding hydrogens is 248 g/mol. The maximum absolute atomic E-state index is 9.81. The fourth-order valence-electron chi connectivity index (χ4n) is 2.32. The molecule has 1 heterocycles. The van der Waals surface area contributed by atoms with Crippen LogP contribution in [0, 0.1) is 20.8 Å². The Kier molecular flexibility index (Phi) is 4.40. The summed E-state index contributed by atoms with van der Waals surface area (Å²) in [5.41, 5.74) is 5.44. The summed E-state index contributed by atoms with van der Waals surface area (Å²) in [6.07, 6.45) is 0. The Labute approximate surface area is 120 Å². The first-order chi connectivity index (χ1) is 9.47. The molecule has 1 atom stereocenters. The molecule has 1 unspecified atom stereocenters. The molecule has 3 heteroatoms. The van der Waals surface area contributed by atoms with Gasteiger partial charge in [-0.1, -0.05) is 23.8 Å². The van der Waals surface area contributed by atoms with Crippen molar-refractivity contribution in [2.45, 2.75) is 40.3 Å². The molecular formula is C17H22N2O. The molecule has 3 nitrogen and oxygen atoms in total. The third-order valence-electron chi connectivity index (χ3n) is 3.57. The molecule has 0 fully saturated rings. The van der Waals surface area contributed by atoms with Crippen LogP contribution in [0.3, 0.4) is 0 Å². The van der Waals surface area contributed by atoms with Gasteiger partial charge in [0.2, 0.25) is 0 Å². The van der Waals surface area contributed by atoms with Crippen LogP contribution in [-0.2, 0) is 6.54 Å². The highest BCUT2D eigenvalue weighted by Gasteiger charge is 2.10. The first-order valence-electron chi connectivity index (χ1n) is 6.93. The van der Waals surface area contributed by atoms with Gasteiger partial charge in [-0.25, -0.2) is 0 Å². The molecule has 0 amide bonds. The van der Waals surface area contributed by atoms with Crippen LogP contribution >= 0.6 is 0 Å². The Morgan fingerprint density at radius 3 is 2.65 bits per heavy atom. The summed E-state index contributed by atoms with van der Waals surface area (Å²) < 4.78 is 0. The second-order valence-electron chi connectivity index (χ2n) is 5.38. The van der Waals surface area contributed by atoms with Gasteiger partial charge in [0.15, 0.2) is 0 Å². The molecule has 2 aromatic rings. The summed E-state index contributed by atoms with van der Waals surface area (Å²) in [6.45, 7) is 8.84. The summed E-state index contributed by atoms with van der Waals surface area (Å²) in [7, 11) is 0. The van der Waals surface area contributed by atoms with Crippen molar-refractivity contribution in [3.8, 4) is 5.75 Å². The normalized spacial score (nSPS) is 12.4. The predicted octanol–water partition coefficient (Wildman–Crippen LogP) is 3.56. The Morgan fingerprint density at radius 1 is 1.15 bits per heavy atom. The summed E-state index contributed by atoms with van der Waals surface area (Å²) in [6, 6.07) is 10.2. The highest BCUT2D eigenvalue weighted by atomic mass is 16.3. The molecule has 0 aliphatic rings.